The molecule has 0 aromatic heterocycles. The maximum atomic E-state index is 14.1. The second-order valence-electron chi connectivity index (χ2n) is 6.00. The molecule has 0 aliphatic rings. The lowest BCUT2D eigenvalue weighted by Crippen LogP contribution is -2.19. The number of hydroxylamine groups is 1. The summed E-state index contributed by atoms with van der Waals surface area (Å²) in [4.78, 5) is 15.1. The number of oxime groups is 1. The molecular formula is C21H22F2N4O4. The van der Waals surface area contributed by atoms with E-state index in [1.807, 2.05) is 0 Å². The number of nitrogens with one attached hydrogen (secondary N) is 2. The number of methoxy groups -OCH3 is 1. The average Bonchev–Trinajstić information content (AvgIpc) is 2.76. The molecule has 8 nitrogen and oxygen atoms in total. The largest absolute Gasteiger partial charge is 0.480 e. The monoisotopic (exact) mass is 432 g/mol. The first-order valence-corrected chi connectivity index (χ1v) is 8.99. The van der Waals surface area contributed by atoms with Gasteiger partial charge in [0.25, 0.3) is 0 Å². The van der Waals surface area contributed by atoms with Crippen molar-refractivity contribution in [3.8, 4) is 0 Å². The van der Waals surface area contributed by atoms with Gasteiger partial charge < -0.3 is 14.4 Å². The van der Waals surface area contributed by atoms with Gasteiger partial charge in [-0.3, -0.25) is 15.7 Å². The van der Waals surface area contributed by atoms with Crippen LogP contribution in [0.2, 0.25) is 0 Å². The summed E-state index contributed by atoms with van der Waals surface area (Å²) in [6.45, 7) is 1.72. The Labute approximate surface area is 178 Å². The Morgan fingerprint density at radius 1 is 1.10 bits per heavy atom. The molecule has 2 rings (SSSR count). The fourth-order valence-corrected chi connectivity index (χ4v) is 2.61. The van der Waals surface area contributed by atoms with Crippen LogP contribution in [0.5, 0.6) is 0 Å². The van der Waals surface area contributed by atoms with Crippen LogP contribution < -0.4 is 5.48 Å². The third-order valence-electron chi connectivity index (χ3n) is 4.03. The minimum Gasteiger partial charge on any atom is -0.480 e. The quantitative estimate of drug-likeness (QED) is 0.357. The molecule has 2 N–H and O–H groups in total. The molecule has 1 unspecified atom stereocenters. The molecule has 31 heavy (non-hydrogen) atoms. The standard InChI is InChI=1S/C21H22F2N4O4/c1-13(15-7-5-6-8-16(15)20(27-30-4)21(24)28-2)31-25-12-19(26-29-3)17-10-9-14(22)11-18(17)23/h5-11,13,24,26H,1-4H3. The fraction of sp³-hybridized carbons (Fsp3) is 0.238. The van der Waals surface area contributed by atoms with Gasteiger partial charge in [-0.05, 0) is 24.2 Å². The molecule has 0 fully saturated rings. The molecule has 1 atom stereocenters. The molecule has 0 aliphatic heterocycles. The van der Waals surface area contributed by atoms with E-state index in [9.17, 15) is 8.78 Å². The molecule has 0 bridgehead atoms. The molecule has 0 saturated carbocycles. The van der Waals surface area contributed by atoms with E-state index in [1.54, 1.807) is 31.2 Å². The van der Waals surface area contributed by atoms with Gasteiger partial charge in [0.1, 0.15) is 24.4 Å². The summed E-state index contributed by atoms with van der Waals surface area (Å²) in [6.07, 6.45) is -0.614. The minimum atomic E-state index is -0.820. The maximum Gasteiger partial charge on any atom is 0.236 e. The van der Waals surface area contributed by atoms with Gasteiger partial charge in [-0.15, -0.1) is 0 Å². The fourth-order valence-electron chi connectivity index (χ4n) is 2.61. The second-order valence-corrected chi connectivity index (χ2v) is 6.00. The molecule has 2 aromatic carbocycles. The van der Waals surface area contributed by atoms with Crippen molar-refractivity contribution in [1.82, 2.24) is 5.48 Å². The lowest BCUT2D eigenvalue weighted by Gasteiger charge is -2.15. The van der Waals surface area contributed by atoms with E-state index in [1.165, 1.54) is 27.4 Å². The molecule has 10 heteroatoms. The Kier molecular flexibility index (Phi) is 8.68. The van der Waals surface area contributed by atoms with E-state index in [2.05, 4.69) is 21.7 Å². The molecular weight excluding hydrogens is 410 g/mol. The van der Waals surface area contributed by atoms with Gasteiger partial charge in [0.15, 0.2) is 11.8 Å². The smallest absolute Gasteiger partial charge is 0.236 e. The minimum absolute atomic E-state index is 0.00304. The van der Waals surface area contributed by atoms with Gasteiger partial charge in [-0.1, -0.05) is 29.4 Å². The molecule has 164 valence electrons. The van der Waals surface area contributed by atoms with Crippen LogP contribution in [0, 0.1) is 17.0 Å². The zero-order valence-corrected chi connectivity index (χ0v) is 17.4. The molecule has 0 radical (unpaired) electrons. The summed E-state index contributed by atoms with van der Waals surface area (Å²) >= 11 is 0. The molecule has 2 aromatic rings. The highest BCUT2D eigenvalue weighted by atomic mass is 19.1. The lowest BCUT2D eigenvalue weighted by molar-refractivity contribution is 0.0737. The van der Waals surface area contributed by atoms with E-state index in [0.29, 0.717) is 11.1 Å². The van der Waals surface area contributed by atoms with Gasteiger partial charge in [-0.2, -0.15) is 0 Å². The number of ether oxygens (including phenoxy) is 1. The van der Waals surface area contributed by atoms with Crippen molar-refractivity contribution in [3.63, 3.8) is 0 Å². The van der Waals surface area contributed by atoms with E-state index in [-0.39, 0.29) is 22.9 Å². The van der Waals surface area contributed by atoms with Gasteiger partial charge in [-0.25, -0.2) is 8.78 Å². The van der Waals surface area contributed by atoms with Gasteiger partial charge in [0.05, 0.1) is 20.1 Å². The highest BCUT2D eigenvalue weighted by Gasteiger charge is 2.20. The van der Waals surface area contributed by atoms with Gasteiger partial charge in [0, 0.05) is 22.8 Å². The van der Waals surface area contributed by atoms with Crippen molar-refractivity contribution >= 4 is 23.2 Å². The molecule has 0 saturated heterocycles. The summed E-state index contributed by atoms with van der Waals surface area (Å²) in [5.41, 5.74) is 3.78. The van der Waals surface area contributed by atoms with Crippen LogP contribution in [0.4, 0.5) is 8.78 Å². The third kappa shape index (κ3) is 6.11. The number of benzene rings is 2. The molecule has 0 spiro atoms. The van der Waals surface area contributed by atoms with Gasteiger partial charge >= 0.3 is 0 Å². The predicted molar refractivity (Wildman–Crippen MR) is 112 cm³/mol. The van der Waals surface area contributed by atoms with Crippen molar-refractivity contribution in [2.75, 3.05) is 21.3 Å². The summed E-state index contributed by atoms with van der Waals surface area (Å²) in [6, 6.07) is 10.1. The third-order valence-corrected chi connectivity index (χ3v) is 4.03. The summed E-state index contributed by atoms with van der Waals surface area (Å²) in [5, 5.41) is 15.6. The number of nitrogens with zero attached hydrogens (tertiary/aromatic N) is 2. The normalized spacial score (nSPS) is 11.7. The Bertz CT molecular complexity index is 1020. The van der Waals surface area contributed by atoms with Crippen LogP contribution in [0.25, 0.3) is 5.70 Å². The van der Waals surface area contributed by atoms with Crippen LogP contribution in [0.1, 0.15) is 29.7 Å². The van der Waals surface area contributed by atoms with Crippen LogP contribution in [-0.4, -0.2) is 38.8 Å². The van der Waals surface area contributed by atoms with E-state index in [0.717, 1.165) is 12.1 Å². The topological polar surface area (TPSA) is 97.5 Å². The van der Waals surface area contributed by atoms with Gasteiger partial charge in [0.2, 0.25) is 5.90 Å². The lowest BCUT2D eigenvalue weighted by atomic mass is 9.99. The van der Waals surface area contributed by atoms with Crippen molar-refractivity contribution in [2.45, 2.75) is 13.0 Å². The Morgan fingerprint density at radius 3 is 2.48 bits per heavy atom. The van der Waals surface area contributed by atoms with Crippen molar-refractivity contribution in [1.29, 1.82) is 5.41 Å². The van der Waals surface area contributed by atoms with Crippen molar-refractivity contribution < 1.29 is 28.0 Å². The van der Waals surface area contributed by atoms with E-state index in [4.69, 9.17) is 24.7 Å². The van der Waals surface area contributed by atoms with Crippen molar-refractivity contribution in [2.24, 2.45) is 10.3 Å². The molecule has 0 amide bonds. The summed E-state index contributed by atoms with van der Waals surface area (Å²) in [5.74, 6) is 0.777. The highest BCUT2D eigenvalue weighted by Crippen LogP contribution is 2.23. The number of hydrogen-bond acceptors (Lipinski definition) is 8. The Hall–Kier alpha value is -3.75. The van der Waals surface area contributed by atoms with E-state index < -0.39 is 17.7 Å². The Morgan fingerprint density at radius 2 is 1.84 bits per heavy atom. The first-order valence-electron chi connectivity index (χ1n) is 8.99. The number of rotatable bonds is 9. The second kappa shape index (κ2) is 11.4. The zero-order chi connectivity index (χ0) is 22.8. The van der Waals surface area contributed by atoms with E-state index >= 15 is 0 Å². The zero-order valence-electron chi connectivity index (χ0n) is 17.4. The first kappa shape index (κ1) is 23.5. The first-order chi connectivity index (χ1) is 14.9. The SMILES string of the molecule is CON=C(C(=N)OC)c1ccccc1C(C)ON=C=C(NOC)c1ccc(F)cc1F. The summed E-state index contributed by atoms with van der Waals surface area (Å²) in [7, 11) is 4.04. The van der Waals surface area contributed by atoms with Crippen LogP contribution in [-0.2, 0) is 19.2 Å². The highest BCUT2D eigenvalue weighted by molar-refractivity contribution is 6.44. The average molecular weight is 432 g/mol. The molecule has 0 aliphatic carbocycles. The maximum absolute atomic E-state index is 14.1. The van der Waals surface area contributed by atoms with Crippen LogP contribution in [0.15, 0.2) is 52.8 Å². The predicted octanol–water partition coefficient (Wildman–Crippen LogP) is 3.79. The van der Waals surface area contributed by atoms with Crippen LogP contribution >= 0.6 is 0 Å². The molecule has 0 heterocycles. The Balaban J connectivity index is 2.36. The van der Waals surface area contributed by atoms with Crippen molar-refractivity contribution in [3.05, 3.63) is 70.8 Å². The number of hydrogen-bond donors (Lipinski definition) is 2. The number of halogens is 2. The summed E-state index contributed by atoms with van der Waals surface area (Å²) < 4.78 is 32.2. The van der Waals surface area contributed by atoms with Crippen LogP contribution in [0.3, 0.4) is 0 Å².